The minimum absolute atomic E-state index is 0.178. The van der Waals surface area contributed by atoms with Gasteiger partial charge in [-0.25, -0.2) is 13.8 Å². The van der Waals surface area contributed by atoms with E-state index in [2.05, 4.69) is 26.5 Å². The predicted octanol–water partition coefficient (Wildman–Crippen LogP) is 5.02. The fourth-order valence-electron chi connectivity index (χ4n) is 2.87. The van der Waals surface area contributed by atoms with Crippen molar-refractivity contribution in [2.24, 2.45) is 5.10 Å². The molecule has 0 bridgehead atoms. The van der Waals surface area contributed by atoms with Crippen molar-refractivity contribution in [1.29, 1.82) is 0 Å². The number of benzene rings is 2. The third kappa shape index (κ3) is 6.06. The maximum Gasteiger partial charge on any atom is 0.416 e. The third-order valence-corrected chi connectivity index (χ3v) is 7.19. The van der Waals surface area contributed by atoms with Crippen molar-refractivity contribution in [2.45, 2.75) is 24.9 Å². The Hall–Kier alpha value is -3.12. The molecule has 0 atom stereocenters. The number of carbonyl (C=O) groups is 1. The van der Waals surface area contributed by atoms with Gasteiger partial charge in [0.25, 0.3) is 15.9 Å². The van der Waals surface area contributed by atoms with Crippen molar-refractivity contribution in [3.05, 3.63) is 81.7 Å². The van der Waals surface area contributed by atoms with E-state index >= 15 is 0 Å². The molecule has 0 aliphatic rings. The van der Waals surface area contributed by atoms with Gasteiger partial charge in [-0.2, -0.15) is 18.3 Å². The Bertz CT molecular complexity index is 1300. The number of furan rings is 1. The van der Waals surface area contributed by atoms with Crippen LogP contribution in [0.5, 0.6) is 0 Å². The van der Waals surface area contributed by atoms with Crippen molar-refractivity contribution in [1.82, 2.24) is 5.43 Å². The molecule has 3 rings (SSSR count). The average Bonchev–Trinajstić information content (AvgIpc) is 3.08. The highest BCUT2D eigenvalue weighted by Gasteiger charge is 2.33. The molecule has 0 fully saturated rings. The number of amides is 1. The van der Waals surface area contributed by atoms with E-state index in [0.717, 1.165) is 17.7 Å². The van der Waals surface area contributed by atoms with Crippen molar-refractivity contribution < 1.29 is 30.8 Å². The number of rotatable bonds is 7. The van der Waals surface area contributed by atoms with Crippen molar-refractivity contribution in [3.63, 3.8) is 0 Å². The van der Waals surface area contributed by atoms with E-state index in [1.165, 1.54) is 24.4 Å². The molecule has 0 saturated carbocycles. The van der Waals surface area contributed by atoms with Crippen LogP contribution in [0.3, 0.4) is 0 Å². The second-order valence-electron chi connectivity index (χ2n) is 7.22. The van der Waals surface area contributed by atoms with E-state index < -0.39 is 34.2 Å². The van der Waals surface area contributed by atoms with Crippen molar-refractivity contribution in [2.75, 3.05) is 10.8 Å². The van der Waals surface area contributed by atoms with Crippen LogP contribution in [0, 0.1) is 13.8 Å². The Morgan fingerprint density at radius 3 is 2.41 bits per heavy atom. The number of hydrogen-bond acceptors (Lipinski definition) is 5. The number of sulfonamides is 1. The van der Waals surface area contributed by atoms with Gasteiger partial charge in [-0.3, -0.25) is 9.10 Å². The van der Waals surface area contributed by atoms with Crippen LogP contribution in [0.2, 0.25) is 0 Å². The molecular weight excluding hydrogens is 539 g/mol. The average molecular weight is 558 g/mol. The topological polar surface area (TPSA) is 92.0 Å². The summed E-state index contributed by atoms with van der Waals surface area (Å²) in [5, 5.41) is 3.73. The van der Waals surface area contributed by atoms with E-state index in [-0.39, 0.29) is 10.6 Å². The van der Waals surface area contributed by atoms with Crippen LogP contribution in [0.4, 0.5) is 18.9 Å². The maximum absolute atomic E-state index is 13.3. The first-order valence-electron chi connectivity index (χ1n) is 9.72. The fourth-order valence-corrected chi connectivity index (χ4v) is 4.59. The number of nitrogens with zero attached hydrogens (tertiary/aromatic N) is 2. The van der Waals surface area contributed by atoms with Gasteiger partial charge in [0.15, 0.2) is 0 Å². The highest BCUT2D eigenvalue weighted by Crippen LogP contribution is 2.33. The van der Waals surface area contributed by atoms with E-state index in [1.807, 2.05) is 0 Å². The molecule has 0 unspecified atom stereocenters. The quantitative estimate of drug-likeness (QED) is 0.326. The van der Waals surface area contributed by atoms with Crippen LogP contribution in [-0.2, 0) is 21.0 Å². The summed E-state index contributed by atoms with van der Waals surface area (Å²) in [6.45, 7) is 2.66. The molecule has 180 valence electrons. The van der Waals surface area contributed by atoms with E-state index in [0.29, 0.717) is 26.4 Å². The molecule has 0 aliphatic carbocycles. The third-order valence-electron chi connectivity index (χ3n) is 4.61. The van der Waals surface area contributed by atoms with Crippen LogP contribution >= 0.6 is 15.9 Å². The summed E-state index contributed by atoms with van der Waals surface area (Å²) in [4.78, 5) is 12.3. The maximum atomic E-state index is 13.3. The number of hydrogen-bond donors (Lipinski definition) is 1. The molecule has 12 heteroatoms. The number of carbonyl (C=O) groups excluding carboxylic acids is 1. The minimum Gasteiger partial charge on any atom is -0.459 e. The number of anilines is 1. The molecule has 0 saturated heterocycles. The van der Waals surface area contributed by atoms with Crippen LogP contribution < -0.4 is 9.73 Å². The summed E-state index contributed by atoms with van der Waals surface area (Å²) in [6.07, 6.45) is -3.49. The van der Waals surface area contributed by atoms with Crippen LogP contribution in [0.1, 0.15) is 22.6 Å². The van der Waals surface area contributed by atoms with Gasteiger partial charge in [-0.1, -0.05) is 23.8 Å². The highest BCUT2D eigenvalue weighted by molar-refractivity contribution is 9.10. The zero-order chi connectivity index (χ0) is 25.1. The first-order chi connectivity index (χ1) is 15.9. The molecule has 0 radical (unpaired) electrons. The van der Waals surface area contributed by atoms with Gasteiger partial charge >= 0.3 is 6.18 Å². The lowest BCUT2D eigenvalue weighted by Crippen LogP contribution is -2.39. The van der Waals surface area contributed by atoms with Crippen LogP contribution in [0.15, 0.2) is 73.5 Å². The molecule has 0 aliphatic heterocycles. The summed E-state index contributed by atoms with van der Waals surface area (Å²) < 4.78 is 72.9. The zero-order valence-corrected chi connectivity index (χ0v) is 20.3. The molecule has 1 N–H and O–H groups in total. The lowest BCUT2D eigenvalue weighted by Gasteiger charge is -2.24. The number of hydrazone groups is 1. The minimum atomic E-state index is -4.70. The summed E-state index contributed by atoms with van der Waals surface area (Å²) >= 11 is 3.27. The standard InChI is InChI=1S/C22H19BrF3N3O4S/c1-14-6-8-19(9-7-14)34(31,32)29(17-5-3-4-16(10-17)22(24,25)26)13-21(30)28-27-12-18-11-20(23)15(2)33-18/h3-12H,13H2,1-2H3,(H,28,30)/b27-12+. The molecule has 3 aromatic rings. The van der Waals surface area contributed by atoms with Gasteiger partial charge in [0, 0.05) is 6.07 Å². The Kier molecular flexibility index (Phi) is 7.51. The molecule has 2 aromatic carbocycles. The van der Waals surface area contributed by atoms with Gasteiger partial charge in [0.2, 0.25) is 0 Å². The van der Waals surface area contributed by atoms with Crippen LogP contribution in [-0.4, -0.2) is 27.1 Å². The first kappa shape index (κ1) is 25.5. The van der Waals surface area contributed by atoms with Gasteiger partial charge in [-0.05, 0) is 60.1 Å². The van der Waals surface area contributed by atoms with Gasteiger partial charge in [0.1, 0.15) is 18.1 Å². The number of nitrogens with one attached hydrogen (secondary N) is 1. The molecule has 7 nitrogen and oxygen atoms in total. The second kappa shape index (κ2) is 10.0. The summed E-state index contributed by atoms with van der Waals surface area (Å²) in [6, 6.07) is 11.1. The molecule has 1 amide bonds. The Balaban J connectivity index is 1.91. The number of alkyl halides is 3. The van der Waals surface area contributed by atoms with Crippen molar-refractivity contribution in [3.8, 4) is 0 Å². The molecular formula is C22H19BrF3N3O4S. The molecule has 1 aromatic heterocycles. The smallest absolute Gasteiger partial charge is 0.416 e. The molecule has 0 spiro atoms. The largest absolute Gasteiger partial charge is 0.459 e. The van der Waals surface area contributed by atoms with Crippen LogP contribution in [0.25, 0.3) is 0 Å². The lowest BCUT2D eigenvalue weighted by atomic mass is 10.2. The summed E-state index contributed by atoms with van der Waals surface area (Å²) in [7, 11) is -4.38. The van der Waals surface area contributed by atoms with Crippen molar-refractivity contribution >= 4 is 43.8 Å². The zero-order valence-electron chi connectivity index (χ0n) is 17.9. The summed E-state index contributed by atoms with van der Waals surface area (Å²) in [5.74, 6) is 0.0473. The monoisotopic (exact) mass is 557 g/mol. The summed E-state index contributed by atoms with van der Waals surface area (Å²) in [5.41, 5.74) is 1.58. The predicted molar refractivity (Wildman–Crippen MR) is 124 cm³/mol. The van der Waals surface area contributed by atoms with E-state index in [1.54, 1.807) is 32.0 Å². The van der Waals surface area contributed by atoms with E-state index in [4.69, 9.17) is 4.42 Å². The Morgan fingerprint density at radius 1 is 1.15 bits per heavy atom. The first-order valence-corrected chi connectivity index (χ1v) is 12.0. The second-order valence-corrected chi connectivity index (χ2v) is 9.94. The van der Waals surface area contributed by atoms with Gasteiger partial charge in [0.05, 0.1) is 26.8 Å². The number of aryl methyl sites for hydroxylation is 2. The molecule has 1 heterocycles. The SMILES string of the molecule is Cc1ccc(S(=O)(=O)N(CC(=O)N/N=C/c2cc(Br)c(C)o2)c2cccc(C(F)(F)F)c2)cc1. The fraction of sp³-hybridized carbons (Fsp3) is 0.182. The highest BCUT2D eigenvalue weighted by atomic mass is 79.9. The Morgan fingerprint density at radius 2 is 1.82 bits per heavy atom. The van der Waals surface area contributed by atoms with Gasteiger partial charge < -0.3 is 4.42 Å². The van der Waals surface area contributed by atoms with Gasteiger partial charge in [-0.15, -0.1) is 0 Å². The normalized spacial score (nSPS) is 12.2. The lowest BCUT2D eigenvalue weighted by molar-refractivity contribution is -0.137. The number of halogens is 4. The Labute approximate surface area is 202 Å². The van der Waals surface area contributed by atoms with E-state index in [9.17, 15) is 26.4 Å². The molecule has 34 heavy (non-hydrogen) atoms.